The zero-order valence-corrected chi connectivity index (χ0v) is 19.1. The molecule has 0 radical (unpaired) electrons. The highest BCUT2D eigenvalue weighted by atomic mass is 32.1. The number of aryl methyl sites for hydroxylation is 1. The van der Waals surface area contributed by atoms with E-state index >= 15 is 0 Å². The Labute approximate surface area is 193 Å². The number of rotatable bonds is 5. The normalized spacial score (nSPS) is 12.2. The molecular formula is C24H21FN6OS. The van der Waals surface area contributed by atoms with E-state index in [-0.39, 0.29) is 17.8 Å². The molecule has 0 aliphatic heterocycles. The molecule has 0 aliphatic rings. The largest absolute Gasteiger partial charge is 0.334 e. The molecule has 0 bridgehead atoms. The van der Waals surface area contributed by atoms with Gasteiger partial charge in [-0.25, -0.2) is 18.7 Å². The van der Waals surface area contributed by atoms with E-state index in [2.05, 4.69) is 15.2 Å². The Morgan fingerprint density at radius 2 is 1.79 bits per heavy atom. The van der Waals surface area contributed by atoms with Crippen molar-refractivity contribution in [2.45, 2.75) is 19.9 Å². The van der Waals surface area contributed by atoms with Crippen LogP contribution in [0.5, 0.6) is 0 Å². The van der Waals surface area contributed by atoms with Crippen LogP contribution in [0.4, 0.5) is 4.39 Å². The van der Waals surface area contributed by atoms with Crippen molar-refractivity contribution in [3.63, 3.8) is 0 Å². The van der Waals surface area contributed by atoms with E-state index in [9.17, 15) is 9.18 Å². The topological polar surface area (TPSA) is 68.8 Å². The van der Waals surface area contributed by atoms with Crippen LogP contribution >= 0.6 is 11.3 Å². The maximum atomic E-state index is 13.3. The second-order valence-electron chi connectivity index (χ2n) is 7.83. The van der Waals surface area contributed by atoms with E-state index in [1.807, 2.05) is 51.2 Å². The highest BCUT2D eigenvalue weighted by Crippen LogP contribution is 2.32. The van der Waals surface area contributed by atoms with E-state index in [1.165, 1.54) is 29.8 Å². The van der Waals surface area contributed by atoms with Crippen LogP contribution in [0, 0.1) is 12.7 Å². The van der Waals surface area contributed by atoms with Crippen LogP contribution in [0.1, 0.15) is 33.9 Å². The first-order valence-corrected chi connectivity index (χ1v) is 11.2. The van der Waals surface area contributed by atoms with Crippen molar-refractivity contribution in [1.82, 2.24) is 29.4 Å². The number of carbonyl (C=O) groups excluding carboxylic acids is 1. The fourth-order valence-corrected chi connectivity index (χ4v) is 4.90. The number of thiophene rings is 1. The van der Waals surface area contributed by atoms with Crippen LogP contribution in [-0.2, 0) is 0 Å². The number of fused-ring (bicyclic) bond motifs is 1. The van der Waals surface area contributed by atoms with Gasteiger partial charge >= 0.3 is 0 Å². The minimum absolute atomic E-state index is 0.0610. The highest BCUT2D eigenvalue weighted by Gasteiger charge is 2.23. The molecule has 3 aromatic heterocycles. The Hall–Kier alpha value is -3.85. The van der Waals surface area contributed by atoms with Crippen molar-refractivity contribution in [2.24, 2.45) is 0 Å². The van der Waals surface area contributed by atoms with Gasteiger partial charge in [-0.05, 0) is 61.9 Å². The van der Waals surface area contributed by atoms with Gasteiger partial charge in [0.25, 0.3) is 5.91 Å². The summed E-state index contributed by atoms with van der Waals surface area (Å²) in [5.41, 5.74) is 3.50. The first-order chi connectivity index (χ1) is 15.9. The minimum atomic E-state index is -0.300. The number of hydrogen-bond donors (Lipinski definition) is 0. The molecule has 5 aromatic rings. The van der Waals surface area contributed by atoms with Gasteiger partial charge in [-0.1, -0.05) is 12.1 Å². The Morgan fingerprint density at radius 3 is 2.45 bits per heavy atom. The lowest BCUT2D eigenvalue weighted by Gasteiger charge is -2.25. The lowest BCUT2D eigenvalue weighted by molar-refractivity contribution is 0.0747. The second kappa shape index (κ2) is 8.25. The fraction of sp³-hybridized carbons (Fsp3) is 0.167. The molecule has 7 nitrogen and oxygen atoms in total. The van der Waals surface area contributed by atoms with E-state index in [0.29, 0.717) is 4.88 Å². The van der Waals surface area contributed by atoms with E-state index in [1.54, 1.807) is 32.7 Å². The van der Waals surface area contributed by atoms with E-state index < -0.39 is 0 Å². The van der Waals surface area contributed by atoms with E-state index in [0.717, 1.165) is 32.8 Å². The Kier molecular flexibility index (Phi) is 5.26. The zero-order valence-electron chi connectivity index (χ0n) is 18.3. The number of nitrogens with zero attached hydrogens (tertiary/aromatic N) is 6. The average Bonchev–Trinajstić information content (AvgIpc) is 3.57. The van der Waals surface area contributed by atoms with Crippen molar-refractivity contribution in [1.29, 1.82) is 0 Å². The van der Waals surface area contributed by atoms with Crippen LogP contribution in [0.2, 0.25) is 0 Å². The Balaban J connectivity index is 1.41. The van der Waals surface area contributed by atoms with Crippen LogP contribution in [0.15, 0.2) is 67.3 Å². The summed E-state index contributed by atoms with van der Waals surface area (Å²) in [6.07, 6.45) is 3.13. The summed E-state index contributed by atoms with van der Waals surface area (Å²) in [5, 5.41) is 9.63. The zero-order chi connectivity index (χ0) is 23.1. The summed E-state index contributed by atoms with van der Waals surface area (Å²) < 4.78 is 16.8. The number of hydrogen-bond acceptors (Lipinski definition) is 5. The molecule has 33 heavy (non-hydrogen) atoms. The minimum Gasteiger partial charge on any atom is -0.334 e. The van der Waals surface area contributed by atoms with Gasteiger partial charge in [-0.3, -0.25) is 4.79 Å². The molecule has 0 aliphatic carbocycles. The third-order valence-electron chi connectivity index (χ3n) is 5.79. The molecule has 3 heterocycles. The molecule has 2 aromatic carbocycles. The van der Waals surface area contributed by atoms with Gasteiger partial charge in [0.15, 0.2) is 0 Å². The second-order valence-corrected chi connectivity index (χ2v) is 8.86. The van der Waals surface area contributed by atoms with Crippen LogP contribution in [0.3, 0.4) is 0 Å². The molecule has 0 saturated heterocycles. The van der Waals surface area contributed by atoms with Gasteiger partial charge in [0.05, 0.1) is 28.0 Å². The summed E-state index contributed by atoms with van der Waals surface area (Å²) in [5.74, 6) is -0.361. The average molecular weight is 461 g/mol. The van der Waals surface area contributed by atoms with Crippen LogP contribution in [-0.4, -0.2) is 42.4 Å². The Bertz CT molecular complexity index is 1420. The van der Waals surface area contributed by atoms with Crippen molar-refractivity contribution >= 4 is 27.5 Å². The van der Waals surface area contributed by atoms with Gasteiger partial charge in [-0.2, -0.15) is 10.2 Å². The standard InChI is InChI=1S/C24H21FN6OS/c1-15-21-12-22(33-24(21)31(28-15)20-10-6-18(25)7-11-20)23(32)29(3)16(2)17-4-8-19(9-5-17)30-14-26-13-27-30/h4-14,16H,1-3H3. The van der Waals surface area contributed by atoms with Gasteiger partial charge < -0.3 is 4.90 Å². The fourth-order valence-electron chi connectivity index (χ4n) is 3.73. The lowest BCUT2D eigenvalue weighted by Crippen LogP contribution is -2.29. The van der Waals surface area contributed by atoms with E-state index in [4.69, 9.17) is 0 Å². The SMILES string of the molecule is Cc1nn(-c2ccc(F)cc2)c2sc(C(=O)N(C)C(C)c3ccc(-n4cncn4)cc3)cc12. The number of halogens is 1. The summed E-state index contributed by atoms with van der Waals surface area (Å²) >= 11 is 1.39. The third-order valence-corrected chi connectivity index (χ3v) is 6.89. The molecule has 166 valence electrons. The molecule has 0 spiro atoms. The molecule has 1 atom stereocenters. The monoisotopic (exact) mass is 460 g/mol. The third kappa shape index (κ3) is 3.80. The molecule has 0 N–H and O–H groups in total. The van der Waals surface area contributed by atoms with Gasteiger partial charge in [0, 0.05) is 12.4 Å². The maximum absolute atomic E-state index is 13.3. The summed E-state index contributed by atoms with van der Waals surface area (Å²) in [6, 6.07) is 15.8. The smallest absolute Gasteiger partial charge is 0.264 e. The van der Waals surface area contributed by atoms with Crippen molar-refractivity contribution < 1.29 is 9.18 Å². The van der Waals surface area contributed by atoms with Crippen LogP contribution < -0.4 is 0 Å². The lowest BCUT2D eigenvalue weighted by atomic mass is 10.1. The predicted octanol–water partition coefficient (Wildman–Crippen LogP) is 4.95. The molecular weight excluding hydrogens is 439 g/mol. The van der Waals surface area contributed by atoms with Gasteiger partial charge in [0.2, 0.25) is 0 Å². The molecule has 9 heteroatoms. The first-order valence-electron chi connectivity index (χ1n) is 10.4. The Morgan fingerprint density at radius 1 is 1.09 bits per heavy atom. The number of carbonyl (C=O) groups is 1. The van der Waals surface area contributed by atoms with Crippen LogP contribution in [0.25, 0.3) is 21.6 Å². The first kappa shape index (κ1) is 21.0. The highest BCUT2D eigenvalue weighted by molar-refractivity contribution is 7.20. The maximum Gasteiger partial charge on any atom is 0.264 e. The number of benzene rings is 2. The quantitative estimate of drug-likeness (QED) is 0.372. The summed E-state index contributed by atoms with van der Waals surface area (Å²) in [4.78, 5) is 20.5. The number of amides is 1. The van der Waals surface area contributed by atoms with Crippen molar-refractivity contribution in [3.05, 3.63) is 89.2 Å². The van der Waals surface area contributed by atoms with Crippen molar-refractivity contribution in [3.8, 4) is 11.4 Å². The van der Waals surface area contributed by atoms with Crippen molar-refractivity contribution in [2.75, 3.05) is 7.05 Å². The molecule has 1 amide bonds. The molecule has 0 fully saturated rings. The van der Waals surface area contributed by atoms with Gasteiger partial charge in [0.1, 0.15) is 23.3 Å². The molecule has 5 rings (SSSR count). The predicted molar refractivity (Wildman–Crippen MR) is 126 cm³/mol. The summed E-state index contributed by atoms with van der Waals surface area (Å²) in [6.45, 7) is 3.91. The molecule has 0 saturated carbocycles. The van der Waals surface area contributed by atoms with Gasteiger partial charge in [-0.15, -0.1) is 11.3 Å². The number of aromatic nitrogens is 5. The summed E-state index contributed by atoms with van der Waals surface area (Å²) in [7, 11) is 1.81. The molecule has 1 unspecified atom stereocenters.